The van der Waals surface area contributed by atoms with Crippen molar-refractivity contribution in [2.45, 2.75) is 20.4 Å². The van der Waals surface area contributed by atoms with Crippen molar-refractivity contribution in [3.05, 3.63) is 88.3 Å². The van der Waals surface area contributed by atoms with Crippen molar-refractivity contribution in [1.29, 1.82) is 0 Å². The molecule has 0 unspecified atom stereocenters. The molecule has 6 rings (SSSR count). The van der Waals surface area contributed by atoms with Gasteiger partial charge in [-0.25, -0.2) is 4.98 Å². The van der Waals surface area contributed by atoms with Crippen LogP contribution in [0, 0.1) is 13.8 Å². The fourth-order valence-electron chi connectivity index (χ4n) is 4.74. The van der Waals surface area contributed by atoms with Crippen molar-refractivity contribution in [3.63, 3.8) is 0 Å². The molecule has 6 aromatic rings. The molecule has 0 amide bonds. The van der Waals surface area contributed by atoms with Gasteiger partial charge in [0.05, 0.1) is 52.7 Å². The van der Waals surface area contributed by atoms with Crippen LogP contribution in [0.15, 0.2) is 70.1 Å². The number of nitrogens with one attached hydrogen (secondary N) is 1. The lowest BCUT2D eigenvalue weighted by Gasteiger charge is -2.16. The molecule has 0 aliphatic rings. The highest BCUT2D eigenvalue weighted by Gasteiger charge is 2.21. The van der Waals surface area contributed by atoms with Gasteiger partial charge in [-0.1, -0.05) is 11.2 Å². The molecule has 0 bridgehead atoms. The Morgan fingerprint density at radius 1 is 1.08 bits per heavy atom. The third-order valence-electron chi connectivity index (χ3n) is 6.48. The number of phenols is 1. The number of H-pyrrole nitrogens is 1. The number of hydrogen-bond acceptors (Lipinski definition) is 7. The molecule has 9 heteroatoms. The maximum Gasteiger partial charge on any atom is 0.262 e. The molecule has 0 aliphatic heterocycles. The van der Waals surface area contributed by atoms with Crippen LogP contribution in [0.25, 0.3) is 44.5 Å². The summed E-state index contributed by atoms with van der Waals surface area (Å²) in [6, 6.07) is 16.1. The average Bonchev–Trinajstić information content (AvgIpc) is 3.47. The van der Waals surface area contributed by atoms with Gasteiger partial charge in [-0.15, -0.1) is 0 Å². The maximum absolute atomic E-state index is 13.9. The molecular weight excluding hydrogens is 470 g/mol. The minimum absolute atomic E-state index is 0.116. The highest BCUT2D eigenvalue weighted by molar-refractivity contribution is 5.92. The number of rotatable bonds is 5. The third-order valence-corrected chi connectivity index (χ3v) is 6.48. The number of aryl methyl sites for hydroxylation is 2. The Morgan fingerprint density at radius 3 is 2.65 bits per heavy atom. The van der Waals surface area contributed by atoms with Gasteiger partial charge in [0.15, 0.2) is 0 Å². The van der Waals surface area contributed by atoms with E-state index in [0.717, 1.165) is 27.9 Å². The first-order valence-electron chi connectivity index (χ1n) is 11.7. The number of pyridine rings is 2. The normalized spacial score (nSPS) is 11.4. The molecule has 0 saturated heterocycles. The van der Waals surface area contributed by atoms with Gasteiger partial charge in [0.25, 0.3) is 5.56 Å². The average molecular weight is 494 g/mol. The molecule has 2 aromatic carbocycles. The van der Waals surface area contributed by atoms with Crippen LogP contribution >= 0.6 is 0 Å². The first kappa shape index (κ1) is 22.5. The molecule has 9 nitrogen and oxygen atoms in total. The van der Waals surface area contributed by atoms with E-state index in [0.29, 0.717) is 39.4 Å². The van der Waals surface area contributed by atoms with E-state index >= 15 is 0 Å². The summed E-state index contributed by atoms with van der Waals surface area (Å²) in [6.07, 6.45) is 1.70. The summed E-state index contributed by atoms with van der Waals surface area (Å²) in [5.74, 6) is 1.80. The second kappa shape index (κ2) is 8.63. The van der Waals surface area contributed by atoms with E-state index in [-0.39, 0.29) is 17.9 Å². The molecule has 0 atom stereocenters. The molecule has 0 radical (unpaired) electrons. The summed E-state index contributed by atoms with van der Waals surface area (Å²) >= 11 is 0. The molecular formula is C28H23N5O4. The smallest absolute Gasteiger partial charge is 0.262 e. The number of hydrogen-bond donors (Lipinski definition) is 2. The summed E-state index contributed by atoms with van der Waals surface area (Å²) in [5.41, 5.74) is 5.30. The van der Waals surface area contributed by atoms with Crippen LogP contribution in [0.2, 0.25) is 0 Å². The lowest BCUT2D eigenvalue weighted by atomic mass is 9.99. The molecule has 0 aliphatic carbocycles. The van der Waals surface area contributed by atoms with Gasteiger partial charge < -0.3 is 23.9 Å². The first-order chi connectivity index (χ1) is 17.9. The fourth-order valence-corrected chi connectivity index (χ4v) is 4.74. The number of fused-ring (bicyclic) bond motifs is 2. The third kappa shape index (κ3) is 3.81. The largest absolute Gasteiger partial charge is 0.508 e. The molecule has 2 N–H and O–H groups in total. The van der Waals surface area contributed by atoms with Gasteiger partial charge in [-0.2, -0.15) is 0 Å². The van der Waals surface area contributed by atoms with E-state index < -0.39 is 0 Å². The van der Waals surface area contributed by atoms with Crippen LogP contribution in [-0.4, -0.2) is 36.9 Å². The minimum atomic E-state index is -0.228. The number of benzene rings is 2. The quantitative estimate of drug-likeness (QED) is 0.348. The molecule has 37 heavy (non-hydrogen) atoms. The maximum atomic E-state index is 13.9. The molecule has 4 heterocycles. The second-order valence-electron chi connectivity index (χ2n) is 8.87. The van der Waals surface area contributed by atoms with Gasteiger partial charge in [0.1, 0.15) is 23.1 Å². The van der Waals surface area contributed by atoms with Crippen molar-refractivity contribution >= 4 is 21.9 Å². The molecule has 184 valence electrons. The number of aromatic nitrogens is 5. The number of aromatic amines is 1. The van der Waals surface area contributed by atoms with Crippen LogP contribution in [0.4, 0.5) is 0 Å². The Morgan fingerprint density at radius 2 is 1.92 bits per heavy atom. The molecule has 0 spiro atoms. The number of aromatic hydroxyl groups is 1. The minimum Gasteiger partial charge on any atom is -0.508 e. The predicted molar refractivity (Wildman–Crippen MR) is 140 cm³/mol. The van der Waals surface area contributed by atoms with Crippen LogP contribution in [0.1, 0.15) is 17.1 Å². The molecule has 0 fully saturated rings. The summed E-state index contributed by atoms with van der Waals surface area (Å²) in [6.45, 7) is 4.00. The van der Waals surface area contributed by atoms with Crippen molar-refractivity contribution in [1.82, 2.24) is 24.7 Å². The summed E-state index contributed by atoms with van der Waals surface area (Å²) in [4.78, 5) is 26.2. The monoisotopic (exact) mass is 493 g/mol. The Kier molecular flexibility index (Phi) is 5.26. The zero-order valence-electron chi connectivity index (χ0n) is 20.4. The Labute approximate surface area is 211 Å². The zero-order valence-corrected chi connectivity index (χ0v) is 20.4. The lowest BCUT2D eigenvalue weighted by Crippen LogP contribution is -2.23. The lowest BCUT2D eigenvalue weighted by molar-refractivity contribution is 0.393. The number of methoxy groups -OCH3 is 1. The van der Waals surface area contributed by atoms with Gasteiger partial charge in [-0.3, -0.25) is 9.78 Å². The van der Waals surface area contributed by atoms with Gasteiger partial charge in [-0.05, 0) is 50.2 Å². The van der Waals surface area contributed by atoms with Gasteiger partial charge in [0, 0.05) is 29.3 Å². The van der Waals surface area contributed by atoms with Crippen molar-refractivity contribution in [3.8, 4) is 34.0 Å². The number of ether oxygens (including phenoxy) is 1. The predicted octanol–water partition coefficient (Wildman–Crippen LogP) is 4.97. The second-order valence-corrected chi connectivity index (χ2v) is 8.87. The number of phenolic OH excluding ortho intramolecular Hbond substituents is 1. The number of nitrogens with zero attached hydrogens (tertiary/aromatic N) is 4. The van der Waals surface area contributed by atoms with E-state index in [1.807, 2.05) is 50.2 Å². The van der Waals surface area contributed by atoms with E-state index in [2.05, 4.69) is 20.1 Å². The standard InChI is InChI=1S/C28H23N5O4/c1-15-26(16(2)37-32-15)20-10-17-11-21(27-30-22-8-7-19(34)12-23(22)31-27)28(35)33(24(17)13-25(20)36-3)14-18-6-4-5-9-29-18/h4-13,34H,14H2,1-3H3,(H,30,31). The highest BCUT2D eigenvalue weighted by atomic mass is 16.5. The van der Waals surface area contributed by atoms with Gasteiger partial charge >= 0.3 is 0 Å². The van der Waals surface area contributed by atoms with Crippen molar-refractivity contribution < 1.29 is 14.4 Å². The zero-order chi connectivity index (χ0) is 25.7. The Hall–Kier alpha value is -4.92. The SMILES string of the molecule is COc1cc2c(cc1-c1c(C)noc1C)cc(-c1nc3ccc(O)cc3[nH]1)c(=O)n2Cc1ccccn1. The Balaban J connectivity index is 1.65. The number of imidazole rings is 1. The van der Waals surface area contributed by atoms with Crippen molar-refractivity contribution in [2.24, 2.45) is 0 Å². The first-order valence-corrected chi connectivity index (χ1v) is 11.7. The van der Waals surface area contributed by atoms with Gasteiger partial charge in [0.2, 0.25) is 0 Å². The summed E-state index contributed by atoms with van der Waals surface area (Å²) in [5, 5.41) is 14.8. The fraction of sp³-hybridized carbons (Fsp3) is 0.143. The van der Waals surface area contributed by atoms with Crippen LogP contribution in [0.5, 0.6) is 11.5 Å². The topological polar surface area (TPSA) is 119 Å². The van der Waals surface area contributed by atoms with Crippen molar-refractivity contribution in [2.75, 3.05) is 7.11 Å². The van der Waals surface area contributed by atoms with E-state index in [1.54, 1.807) is 36.1 Å². The Bertz CT molecular complexity index is 1830. The van der Waals surface area contributed by atoms with Crippen LogP contribution in [0.3, 0.4) is 0 Å². The summed E-state index contributed by atoms with van der Waals surface area (Å²) < 4.78 is 12.8. The molecule has 0 saturated carbocycles. The van der Waals surface area contributed by atoms with E-state index in [9.17, 15) is 9.90 Å². The van der Waals surface area contributed by atoms with E-state index in [4.69, 9.17) is 9.26 Å². The highest BCUT2D eigenvalue weighted by Crippen LogP contribution is 2.38. The van der Waals surface area contributed by atoms with Crippen LogP contribution < -0.4 is 10.3 Å². The molecule has 4 aromatic heterocycles. The van der Waals surface area contributed by atoms with Crippen LogP contribution in [-0.2, 0) is 6.54 Å². The van der Waals surface area contributed by atoms with E-state index in [1.165, 1.54) is 0 Å². The summed E-state index contributed by atoms with van der Waals surface area (Å²) in [7, 11) is 1.60.